The van der Waals surface area contributed by atoms with E-state index in [0.29, 0.717) is 5.56 Å². The largest absolute Gasteiger partial charge is 0.324 e. The molecule has 0 saturated carbocycles. The molecule has 0 aromatic heterocycles. The molecule has 1 aromatic rings. The minimum atomic E-state index is -3.47. The van der Waals surface area contributed by atoms with Crippen molar-refractivity contribution in [3.05, 3.63) is 28.8 Å². The Labute approximate surface area is 110 Å². The van der Waals surface area contributed by atoms with Crippen molar-refractivity contribution in [3.8, 4) is 6.07 Å². The van der Waals surface area contributed by atoms with Crippen LogP contribution in [0.2, 0.25) is 5.02 Å². The smallest absolute Gasteiger partial charge is 0.242 e. The Bertz CT molecular complexity index is 620. The Morgan fingerprint density at radius 3 is 2.61 bits per heavy atom. The van der Waals surface area contributed by atoms with E-state index in [4.69, 9.17) is 16.9 Å². The average molecular weight is 287 g/mol. The van der Waals surface area contributed by atoms with Crippen LogP contribution in [-0.2, 0) is 14.6 Å². The summed E-state index contributed by atoms with van der Waals surface area (Å²) >= 11 is 5.84. The van der Waals surface area contributed by atoms with E-state index in [2.05, 4.69) is 5.32 Å². The van der Waals surface area contributed by atoms with Crippen molar-refractivity contribution in [1.29, 1.82) is 5.26 Å². The van der Waals surface area contributed by atoms with Gasteiger partial charge in [-0.3, -0.25) is 4.79 Å². The van der Waals surface area contributed by atoms with Gasteiger partial charge in [-0.2, -0.15) is 5.26 Å². The van der Waals surface area contributed by atoms with Crippen LogP contribution in [0.1, 0.15) is 12.5 Å². The maximum Gasteiger partial charge on any atom is 0.242 e. The molecule has 0 aliphatic rings. The van der Waals surface area contributed by atoms with Crippen LogP contribution in [-0.4, -0.2) is 25.8 Å². The van der Waals surface area contributed by atoms with Crippen LogP contribution < -0.4 is 5.32 Å². The van der Waals surface area contributed by atoms with Crippen molar-refractivity contribution in [3.63, 3.8) is 0 Å². The van der Waals surface area contributed by atoms with Gasteiger partial charge < -0.3 is 5.32 Å². The molecular formula is C11H11ClN2O3S. The summed E-state index contributed by atoms with van der Waals surface area (Å²) < 4.78 is 22.4. The third kappa shape index (κ3) is 3.45. The molecule has 0 spiro atoms. The molecule has 96 valence electrons. The highest BCUT2D eigenvalue weighted by Crippen LogP contribution is 2.23. The van der Waals surface area contributed by atoms with Crippen LogP contribution in [0.15, 0.2) is 18.2 Å². The molecule has 0 heterocycles. The lowest BCUT2D eigenvalue weighted by Crippen LogP contribution is -2.31. The Morgan fingerprint density at radius 2 is 2.11 bits per heavy atom. The van der Waals surface area contributed by atoms with E-state index in [1.54, 1.807) is 0 Å². The summed E-state index contributed by atoms with van der Waals surface area (Å²) in [6, 6.07) is 6.24. The lowest BCUT2D eigenvalue weighted by atomic mass is 10.2. The van der Waals surface area contributed by atoms with Gasteiger partial charge in [-0.1, -0.05) is 11.6 Å². The maximum absolute atomic E-state index is 11.7. The summed E-state index contributed by atoms with van der Waals surface area (Å²) in [6.07, 6.45) is 0.977. The summed E-state index contributed by atoms with van der Waals surface area (Å²) in [4.78, 5) is 11.7. The maximum atomic E-state index is 11.7. The van der Waals surface area contributed by atoms with Gasteiger partial charge in [0.15, 0.2) is 9.84 Å². The van der Waals surface area contributed by atoms with E-state index in [1.807, 2.05) is 6.07 Å². The Kier molecular flexibility index (Phi) is 4.33. The van der Waals surface area contributed by atoms with Gasteiger partial charge in [-0.25, -0.2) is 8.42 Å². The van der Waals surface area contributed by atoms with E-state index < -0.39 is 21.0 Å². The van der Waals surface area contributed by atoms with Gasteiger partial charge in [0.2, 0.25) is 5.91 Å². The second-order valence-electron chi connectivity index (χ2n) is 3.77. The predicted molar refractivity (Wildman–Crippen MR) is 69.1 cm³/mol. The van der Waals surface area contributed by atoms with Crippen LogP contribution in [0.3, 0.4) is 0 Å². The van der Waals surface area contributed by atoms with Gasteiger partial charge in [-0.15, -0.1) is 0 Å². The number of halogens is 1. The number of nitrogens with zero attached hydrogens (tertiary/aromatic N) is 1. The number of nitriles is 1. The minimum Gasteiger partial charge on any atom is -0.324 e. The number of amides is 1. The third-order valence-electron chi connectivity index (χ3n) is 2.36. The van der Waals surface area contributed by atoms with Gasteiger partial charge in [0.05, 0.1) is 22.3 Å². The van der Waals surface area contributed by atoms with Crippen molar-refractivity contribution in [1.82, 2.24) is 0 Å². The zero-order valence-electron chi connectivity index (χ0n) is 9.77. The van der Waals surface area contributed by atoms with Crippen molar-refractivity contribution in [2.75, 3.05) is 11.6 Å². The lowest BCUT2D eigenvalue weighted by molar-refractivity contribution is -0.115. The first kappa shape index (κ1) is 14.5. The molecule has 0 saturated heterocycles. The second kappa shape index (κ2) is 5.38. The molecule has 1 aromatic carbocycles. The molecule has 1 amide bonds. The van der Waals surface area contributed by atoms with E-state index in [1.165, 1.54) is 25.1 Å². The highest BCUT2D eigenvalue weighted by molar-refractivity contribution is 7.92. The molecule has 5 nitrogen and oxygen atoms in total. The van der Waals surface area contributed by atoms with Crippen molar-refractivity contribution in [2.24, 2.45) is 0 Å². The van der Waals surface area contributed by atoms with Crippen LogP contribution in [0.4, 0.5) is 5.69 Å². The zero-order valence-corrected chi connectivity index (χ0v) is 11.3. The van der Waals surface area contributed by atoms with Crippen LogP contribution >= 0.6 is 11.6 Å². The first-order valence-corrected chi connectivity index (χ1v) is 7.28. The number of nitrogens with one attached hydrogen (secondary N) is 1. The first-order chi connectivity index (χ1) is 8.25. The van der Waals surface area contributed by atoms with Crippen molar-refractivity contribution >= 4 is 33.0 Å². The van der Waals surface area contributed by atoms with Crippen LogP contribution in [0.25, 0.3) is 0 Å². The summed E-state index contributed by atoms with van der Waals surface area (Å²) in [6.45, 7) is 1.28. The molecule has 1 atom stereocenters. The van der Waals surface area contributed by atoms with Gasteiger partial charge in [0.25, 0.3) is 0 Å². The summed E-state index contributed by atoms with van der Waals surface area (Å²) in [5.74, 6) is -0.686. The summed E-state index contributed by atoms with van der Waals surface area (Å²) in [5, 5.41) is 10.2. The van der Waals surface area contributed by atoms with E-state index >= 15 is 0 Å². The molecule has 0 aliphatic carbocycles. The number of sulfone groups is 1. The number of hydrogen-bond donors (Lipinski definition) is 1. The number of rotatable bonds is 3. The van der Waals surface area contributed by atoms with Crippen molar-refractivity contribution < 1.29 is 13.2 Å². The molecule has 0 fully saturated rings. The van der Waals surface area contributed by atoms with E-state index in [-0.39, 0.29) is 10.7 Å². The number of hydrogen-bond acceptors (Lipinski definition) is 4. The molecule has 0 bridgehead atoms. The normalized spacial score (nSPS) is 12.6. The SMILES string of the molecule is CC(C(=O)Nc1cc(C#N)ccc1Cl)S(C)(=O)=O. The lowest BCUT2D eigenvalue weighted by Gasteiger charge is -2.11. The summed E-state index contributed by atoms with van der Waals surface area (Å²) in [7, 11) is -3.47. The fraction of sp³-hybridized carbons (Fsp3) is 0.273. The van der Waals surface area contributed by atoms with Gasteiger partial charge >= 0.3 is 0 Å². The predicted octanol–water partition coefficient (Wildman–Crippen LogP) is 1.58. The highest BCUT2D eigenvalue weighted by atomic mass is 35.5. The molecule has 0 aliphatic heterocycles. The molecule has 1 unspecified atom stereocenters. The number of carbonyl (C=O) groups excluding carboxylic acids is 1. The zero-order chi connectivity index (χ0) is 13.9. The quantitative estimate of drug-likeness (QED) is 0.914. The van der Waals surface area contributed by atoms with Gasteiger partial charge in [-0.05, 0) is 25.1 Å². The number of benzene rings is 1. The molecular weight excluding hydrogens is 276 g/mol. The van der Waals surface area contributed by atoms with E-state index in [9.17, 15) is 13.2 Å². The van der Waals surface area contributed by atoms with Gasteiger partial charge in [0, 0.05) is 6.26 Å². The number of anilines is 1. The third-order valence-corrected chi connectivity index (χ3v) is 4.19. The second-order valence-corrected chi connectivity index (χ2v) is 6.54. The highest BCUT2D eigenvalue weighted by Gasteiger charge is 2.24. The molecule has 1 N–H and O–H groups in total. The van der Waals surface area contributed by atoms with Gasteiger partial charge in [0.1, 0.15) is 5.25 Å². The van der Waals surface area contributed by atoms with Crippen LogP contribution in [0.5, 0.6) is 0 Å². The molecule has 1 rings (SSSR count). The molecule has 7 heteroatoms. The number of carbonyl (C=O) groups is 1. The molecule has 0 radical (unpaired) electrons. The Balaban J connectivity index is 2.99. The Morgan fingerprint density at radius 1 is 1.50 bits per heavy atom. The van der Waals surface area contributed by atoms with Crippen molar-refractivity contribution in [2.45, 2.75) is 12.2 Å². The minimum absolute atomic E-state index is 0.219. The van der Waals surface area contributed by atoms with Crippen LogP contribution in [0, 0.1) is 11.3 Å². The topological polar surface area (TPSA) is 87.0 Å². The fourth-order valence-corrected chi connectivity index (χ4v) is 1.73. The first-order valence-electron chi connectivity index (χ1n) is 4.95. The fourth-order valence-electron chi connectivity index (χ4n) is 1.12. The average Bonchev–Trinajstić information content (AvgIpc) is 2.29. The molecule has 18 heavy (non-hydrogen) atoms. The summed E-state index contributed by atoms with van der Waals surface area (Å²) in [5.41, 5.74) is 0.540. The van der Waals surface area contributed by atoms with E-state index in [0.717, 1.165) is 6.26 Å². The standard InChI is InChI=1S/C11H11ClN2O3S/c1-7(18(2,16)17)11(15)14-10-5-8(6-13)3-4-9(10)12/h3-5,7H,1-2H3,(H,14,15). The monoisotopic (exact) mass is 286 g/mol. The Hall–Kier alpha value is -1.58.